The molecule has 0 saturated heterocycles. The normalized spacial score (nSPS) is 17.7. The molecule has 0 bridgehead atoms. The first kappa shape index (κ1) is 17.6. The van der Waals surface area contributed by atoms with Crippen LogP contribution < -0.4 is 9.84 Å². The topological polar surface area (TPSA) is 58.6 Å². The summed E-state index contributed by atoms with van der Waals surface area (Å²) in [5.41, 5.74) is -1.42. The van der Waals surface area contributed by atoms with Gasteiger partial charge < -0.3 is 19.4 Å². The molecule has 1 atom stereocenters. The fraction of sp³-hybridized carbons (Fsp3) is 0.562. The van der Waals surface area contributed by atoms with Crippen LogP contribution in [0.4, 0.5) is 13.2 Å². The molecule has 1 aromatic carbocycles. The third-order valence-electron chi connectivity index (χ3n) is 3.75. The number of carbonyl (C=O) groups is 1. The van der Waals surface area contributed by atoms with Crippen LogP contribution in [0.3, 0.4) is 0 Å². The summed E-state index contributed by atoms with van der Waals surface area (Å²) in [6.07, 6.45) is -0.742. The molecule has 1 saturated carbocycles. The van der Waals surface area contributed by atoms with Crippen molar-refractivity contribution in [2.45, 2.75) is 57.6 Å². The predicted molar refractivity (Wildman–Crippen MR) is 73.8 cm³/mol. The standard InChI is InChI=1S/C16H19F3O4/c1-10(22-12-5-3-2-4-6-12)23-14-9-11(15(20)21)7-8-13(14)16(17,18)19/h7-10,12H,2-6H2,1H3,(H,20,21)/p-1. The smallest absolute Gasteiger partial charge is 0.419 e. The predicted octanol–water partition coefficient (Wildman–Crippen LogP) is 3.14. The third kappa shape index (κ3) is 4.86. The molecule has 1 aliphatic carbocycles. The molecule has 1 aliphatic rings. The van der Waals surface area contributed by atoms with Gasteiger partial charge in [-0.25, -0.2) is 0 Å². The number of aromatic carboxylic acids is 1. The van der Waals surface area contributed by atoms with Gasteiger partial charge >= 0.3 is 6.18 Å². The SMILES string of the molecule is CC(Oc1cc(C(=O)[O-])ccc1C(F)(F)F)OC1CCCCC1. The highest BCUT2D eigenvalue weighted by Gasteiger charge is 2.35. The van der Waals surface area contributed by atoms with Crippen LogP contribution in [-0.2, 0) is 10.9 Å². The van der Waals surface area contributed by atoms with Crippen molar-refractivity contribution in [2.75, 3.05) is 0 Å². The number of ether oxygens (including phenoxy) is 2. The van der Waals surface area contributed by atoms with Crippen LogP contribution in [0.25, 0.3) is 0 Å². The summed E-state index contributed by atoms with van der Waals surface area (Å²) < 4.78 is 49.9. The van der Waals surface area contributed by atoms with E-state index in [9.17, 15) is 23.1 Å². The first-order valence-electron chi connectivity index (χ1n) is 7.52. The summed E-state index contributed by atoms with van der Waals surface area (Å²) in [5.74, 6) is -2.13. The lowest BCUT2D eigenvalue weighted by molar-refractivity contribution is -0.255. The van der Waals surface area contributed by atoms with Crippen LogP contribution in [0.1, 0.15) is 54.9 Å². The molecule has 0 spiro atoms. The molecule has 0 amide bonds. The highest BCUT2D eigenvalue weighted by atomic mass is 19.4. The Kier molecular flexibility index (Phi) is 5.51. The monoisotopic (exact) mass is 331 g/mol. The quantitative estimate of drug-likeness (QED) is 0.778. The van der Waals surface area contributed by atoms with Gasteiger partial charge in [-0.05, 0) is 31.9 Å². The number of carbonyl (C=O) groups excluding carboxylic acids is 1. The van der Waals surface area contributed by atoms with Crippen molar-refractivity contribution in [1.29, 1.82) is 0 Å². The Morgan fingerprint density at radius 3 is 2.48 bits per heavy atom. The Labute approximate surface area is 132 Å². The molecule has 1 aromatic rings. The van der Waals surface area contributed by atoms with Crippen LogP contribution in [0.2, 0.25) is 0 Å². The van der Waals surface area contributed by atoms with E-state index in [-0.39, 0.29) is 11.7 Å². The highest BCUT2D eigenvalue weighted by Crippen LogP contribution is 2.37. The van der Waals surface area contributed by atoms with Crippen LogP contribution in [0.15, 0.2) is 18.2 Å². The number of benzene rings is 1. The van der Waals surface area contributed by atoms with Crippen LogP contribution in [0, 0.1) is 0 Å². The van der Waals surface area contributed by atoms with E-state index in [0.29, 0.717) is 6.07 Å². The third-order valence-corrected chi connectivity index (χ3v) is 3.75. The number of rotatable bonds is 5. The molecule has 7 heteroatoms. The minimum atomic E-state index is -4.65. The van der Waals surface area contributed by atoms with E-state index in [4.69, 9.17) is 9.47 Å². The van der Waals surface area contributed by atoms with E-state index in [2.05, 4.69) is 0 Å². The van der Waals surface area contributed by atoms with Crippen molar-refractivity contribution in [2.24, 2.45) is 0 Å². The molecular weight excluding hydrogens is 313 g/mol. The number of hydrogen-bond donors (Lipinski definition) is 0. The number of halogens is 3. The zero-order chi connectivity index (χ0) is 17.0. The maximum Gasteiger partial charge on any atom is 0.419 e. The van der Waals surface area contributed by atoms with Crippen molar-refractivity contribution >= 4 is 5.97 Å². The highest BCUT2D eigenvalue weighted by molar-refractivity contribution is 5.86. The van der Waals surface area contributed by atoms with Gasteiger partial charge in [0, 0.05) is 5.56 Å². The molecule has 4 nitrogen and oxygen atoms in total. The molecule has 0 N–H and O–H groups in total. The van der Waals surface area contributed by atoms with Crippen molar-refractivity contribution in [3.05, 3.63) is 29.3 Å². The molecule has 0 aromatic heterocycles. The van der Waals surface area contributed by atoms with Gasteiger partial charge in [0.2, 0.25) is 0 Å². The van der Waals surface area contributed by atoms with E-state index in [0.717, 1.165) is 44.2 Å². The summed E-state index contributed by atoms with van der Waals surface area (Å²) in [5, 5.41) is 10.8. The first-order chi connectivity index (χ1) is 10.8. The summed E-state index contributed by atoms with van der Waals surface area (Å²) in [6.45, 7) is 1.50. The average Bonchev–Trinajstić information content (AvgIpc) is 2.46. The maximum absolute atomic E-state index is 13.0. The molecule has 0 aliphatic heterocycles. The molecule has 0 heterocycles. The summed E-state index contributed by atoms with van der Waals surface area (Å²) in [7, 11) is 0. The Morgan fingerprint density at radius 2 is 1.91 bits per heavy atom. The van der Waals surface area contributed by atoms with Crippen molar-refractivity contribution in [1.82, 2.24) is 0 Å². The van der Waals surface area contributed by atoms with Crippen LogP contribution in [-0.4, -0.2) is 18.4 Å². The summed E-state index contributed by atoms with van der Waals surface area (Å²) in [4.78, 5) is 10.8. The van der Waals surface area contributed by atoms with Gasteiger partial charge in [0.15, 0.2) is 6.29 Å². The Hall–Kier alpha value is -1.76. The van der Waals surface area contributed by atoms with Crippen molar-refractivity contribution in [3.63, 3.8) is 0 Å². The van der Waals surface area contributed by atoms with Gasteiger partial charge in [0.1, 0.15) is 5.75 Å². The number of carboxylic acids is 1. The first-order valence-corrected chi connectivity index (χ1v) is 7.52. The number of hydrogen-bond acceptors (Lipinski definition) is 4. The lowest BCUT2D eigenvalue weighted by Gasteiger charge is -2.27. The summed E-state index contributed by atoms with van der Waals surface area (Å²) in [6, 6.07) is 2.34. The molecule has 23 heavy (non-hydrogen) atoms. The zero-order valence-corrected chi connectivity index (χ0v) is 12.7. The molecular formula is C16H18F3O4-. The average molecular weight is 331 g/mol. The van der Waals surface area contributed by atoms with E-state index in [1.165, 1.54) is 6.92 Å². The van der Waals surface area contributed by atoms with E-state index in [1.807, 2.05) is 0 Å². The van der Waals surface area contributed by atoms with Gasteiger partial charge in [-0.3, -0.25) is 0 Å². The van der Waals surface area contributed by atoms with Gasteiger partial charge in [-0.2, -0.15) is 13.2 Å². The molecule has 0 radical (unpaired) electrons. The van der Waals surface area contributed by atoms with Crippen LogP contribution >= 0.6 is 0 Å². The fourth-order valence-electron chi connectivity index (χ4n) is 2.66. The fourth-order valence-corrected chi connectivity index (χ4v) is 2.66. The minimum absolute atomic E-state index is 0.0441. The zero-order valence-electron chi connectivity index (χ0n) is 12.7. The van der Waals surface area contributed by atoms with Crippen LogP contribution in [0.5, 0.6) is 5.75 Å². The van der Waals surface area contributed by atoms with E-state index >= 15 is 0 Å². The second-order valence-electron chi connectivity index (χ2n) is 5.58. The molecule has 2 rings (SSSR count). The second-order valence-corrected chi connectivity index (χ2v) is 5.58. The minimum Gasteiger partial charge on any atom is -0.545 e. The Bertz CT molecular complexity index is 551. The Morgan fingerprint density at radius 1 is 1.26 bits per heavy atom. The van der Waals surface area contributed by atoms with Gasteiger partial charge in [0.25, 0.3) is 0 Å². The summed E-state index contributed by atoms with van der Waals surface area (Å²) >= 11 is 0. The number of carboxylic acid groups (broad SMARTS) is 1. The number of alkyl halides is 3. The molecule has 128 valence electrons. The van der Waals surface area contributed by atoms with Crippen molar-refractivity contribution in [3.8, 4) is 5.75 Å². The van der Waals surface area contributed by atoms with Gasteiger partial charge in [0.05, 0.1) is 17.6 Å². The van der Waals surface area contributed by atoms with E-state index in [1.54, 1.807) is 0 Å². The lowest BCUT2D eigenvalue weighted by atomic mass is 9.98. The lowest BCUT2D eigenvalue weighted by Crippen LogP contribution is -2.27. The maximum atomic E-state index is 13.0. The molecule has 1 fully saturated rings. The largest absolute Gasteiger partial charge is 0.545 e. The van der Waals surface area contributed by atoms with Gasteiger partial charge in [-0.1, -0.05) is 25.3 Å². The Balaban J connectivity index is 2.15. The molecule has 1 unspecified atom stereocenters. The van der Waals surface area contributed by atoms with E-state index < -0.39 is 29.7 Å². The van der Waals surface area contributed by atoms with Gasteiger partial charge in [-0.15, -0.1) is 0 Å². The van der Waals surface area contributed by atoms with Crippen molar-refractivity contribution < 1.29 is 32.5 Å². The second kappa shape index (κ2) is 7.21.